The molecule has 0 aliphatic carbocycles. The second kappa shape index (κ2) is 7.40. The Labute approximate surface area is 128 Å². The number of benzene rings is 1. The van der Waals surface area contributed by atoms with Crippen molar-refractivity contribution in [2.75, 3.05) is 13.7 Å². The summed E-state index contributed by atoms with van der Waals surface area (Å²) in [6.45, 7) is 1.75. The maximum Gasteiger partial charge on any atom is 0.306 e. The minimum atomic E-state index is -0.460. The molecule has 6 nitrogen and oxygen atoms in total. The number of ether oxygens (including phenoxy) is 1. The van der Waals surface area contributed by atoms with E-state index in [9.17, 15) is 9.59 Å². The van der Waals surface area contributed by atoms with Crippen molar-refractivity contribution in [3.63, 3.8) is 0 Å². The lowest BCUT2D eigenvalue weighted by molar-refractivity contribution is -0.148. The highest BCUT2D eigenvalue weighted by molar-refractivity contribution is 5.80. The summed E-state index contributed by atoms with van der Waals surface area (Å²) in [7, 11) is 1.48. The Morgan fingerprint density at radius 1 is 1.27 bits per heavy atom. The molecule has 1 amide bonds. The first-order chi connectivity index (χ1) is 10.6. The highest BCUT2D eigenvalue weighted by Crippen LogP contribution is 2.21. The van der Waals surface area contributed by atoms with Crippen molar-refractivity contribution in [2.24, 2.45) is 0 Å². The number of carbonyl (C=O) groups is 2. The van der Waals surface area contributed by atoms with E-state index in [4.69, 9.17) is 9.15 Å². The Kier molecular flexibility index (Phi) is 5.30. The maximum absolute atomic E-state index is 11.5. The summed E-state index contributed by atoms with van der Waals surface area (Å²) in [6.07, 6.45) is 2.08. The average molecular weight is 302 g/mol. The molecule has 0 fully saturated rings. The third-order valence-electron chi connectivity index (χ3n) is 3.08. The quantitative estimate of drug-likeness (QED) is 0.824. The highest BCUT2D eigenvalue weighted by Gasteiger charge is 2.10. The smallest absolute Gasteiger partial charge is 0.306 e. The number of likely N-dealkylation sites (N-methyl/N-ethyl adjacent to an activating group) is 1. The number of esters is 1. The predicted molar refractivity (Wildman–Crippen MR) is 80.0 cm³/mol. The maximum atomic E-state index is 11.5. The number of nitrogens with zero attached hydrogens (tertiary/aromatic N) is 1. The minimum Gasteiger partial charge on any atom is -0.456 e. The summed E-state index contributed by atoms with van der Waals surface area (Å²) in [5.41, 5.74) is 2.11. The van der Waals surface area contributed by atoms with Crippen molar-refractivity contribution in [1.82, 2.24) is 10.3 Å². The fraction of sp³-hybridized carbons (Fsp3) is 0.312. The van der Waals surface area contributed by atoms with E-state index in [1.54, 1.807) is 6.20 Å². The van der Waals surface area contributed by atoms with E-state index in [1.807, 2.05) is 31.2 Å². The summed E-state index contributed by atoms with van der Waals surface area (Å²) in [6, 6.07) is 7.90. The van der Waals surface area contributed by atoms with Crippen LogP contribution in [0.2, 0.25) is 0 Å². The van der Waals surface area contributed by atoms with Gasteiger partial charge in [0, 0.05) is 19.0 Å². The van der Waals surface area contributed by atoms with E-state index >= 15 is 0 Å². The van der Waals surface area contributed by atoms with Crippen LogP contribution in [-0.2, 0) is 20.7 Å². The van der Waals surface area contributed by atoms with Gasteiger partial charge in [0.2, 0.25) is 0 Å². The normalized spacial score (nSPS) is 10.3. The van der Waals surface area contributed by atoms with Crippen molar-refractivity contribution in [2.45, 2.75) is 19.8 Å². The van der Waals surface area contributed by atoms with Crippen LogP contribution in [-0.4, -0.2) is 30.5 Å². The molecule has 1 N–H and O–H groups in total. The topological polar surface area (TPSA) is 81.4 Å². The molecule has 116 valence electrons. The molecule has 0 atom stereocenters. The molecule has 0 saturated heterocycles. The number of carbonyl (C=O) groups excluding carboxylic acids is 2. The first-order valence-electron chi connectivity index (χ1n) is 6.96. The molecule has 0 spiro atoms. The van der Waals surface area contributed by atoms with Gasteiger partial charge >= 0.3 is 5.97 Å². The first-order valence-corrected chi connectivity index (χ1v) is 6.96. The number of aryl methyl sites for hydroxylation is 2. The Balaban J connectivity index is 1.86. The van der Waals surface area contributed by atoms with Gasteiger partial charge in [-0.1, -0.05) is 29.8 Å². The van der Waals surface area contributed by atoms with Crippen LogP contribution in [0.15, 0.2) is 34.9 Å². The lowest BCUT2D eigenvalue weighted by atomic mass is 10.1. The van der Waals surface area contributed by atoms with Crippen LogP contribution in [0.25, 0.3) is 11.3 Å². The van der Waals surface area contributed by atoms with Gasteiger partial charge in [-0.15, -0.1) is 0 Å². The summed E-state index contributed by atoms with van der Waals surface area (Å²) < 4.78 is 10.4. The van der Waals surface area contributed by atoms with E-state index in [2.05, 4.69) is 10.3 Å². The fourth-order valence-electron chi connectivity index (χ4n) is 1.78. The number of oxazole rings is 1. The third kappa shape index (κ3) is 4.44. The number of aromatic nitrogens is 1. The monoisotopic (exact) mass is 302 g/mol. The Bertz CT molecular complexity index is 646. The van der Waals surface area contributed by atoms with Crippen LogP contribution in [0.3, 0.4) is 0 Å². The van der Waals surface area contributed by atoms with Gasteiger partial charge in [-0.2, -0.15) is 0 Å². The molecule has 1 aromatic heterocycles. The van der Waals surface area contributed by atoms with E-state index < -0.39 is 5.97 Å². The standard InChI is InChI=1S/C16H18N2O4/c1-11-3-5-12(6-4-11)13-9-18-15(22-13)7-8-16(20)21-10-14(19)17-2/h3-6,9H,7-8,10H2,1-2H3,(H,17,19). The molecule has 0 unspecified atom stereocenters. The number of nitrogens with one attached hydrogen (secondary N) is 1. The van der Waals surface area contributed by atoms with E-state index in [0.29, 0.717) is 18.1 Å². The summed E-state index contributed by atoms with van der Waals surface area (Å²) >= 11 is 0. The van der Waals surface area contributed by atoms with Gasteiger partial charge in [0.05, 0.1) is 12.6 Å². The largest absolute Gasteiger partial charge is 0.456 e. The molecule has 0 aliphatic rings. The molecular formula is C16H18N2O4. The van der Waals surface area contributed by atoms with E-state index in [0.717, 1.165) is 5.56 Å². The van der Waals surface area contributed by atoms with Gasteiger partial charge in [0.15, 0.2) is 18.3 Å². The van der Waals surface area contributed by atoms with Crippen molar-refractivity contribution < 1.29 is 18.7 Å². The van der Waals surface area contributed by atoms with Crippen molar-refractivity contribution in [1.29, 1.82) is 0 Å². The lowest BCUT2D eigenvalue weighted by Crippen LogP contribution is -2.25. The number of hydrogen-bond donors (Lipinski definition) is 1. The van der Waals surface area contributed by atoms with Crippen LogP contribution < -0.4 is 5.32 Å². The molecule has 0 radical (unpaired) electrons. The molecule has 22 heavy (non-hydrogen) atoms. The zero-order valence-electron chi connectivity index (χ0n) is 12.6. The van der Waals surface area contributed by atoms with Gasteiger partial charge < -0.3 is 14.5 Å². The fourth-order valence-corrected chi connectivity index (χ4v) is 1.78. The van der Waals surface area contributed by atoms with Crippen LogP contribution in [0.5, 0.6) is 0 Å². The van der Waals surface area contributed by atoms with Crippen molar-refractivity contribution in [3.8, 4) is 11.3 Å². The molecule has 0 bridgehead atoms. The van der Waals surface area contributed by atoms with Gasteiger partial charge in [-0.3, -0.25) is 9.59 Å². The Hall–Kier alpha value is -2.63. The van der Waals surface area contributed by atoms with Gasteiger partial charge in [-0.25, -0.2) is 4.98 Å². The van der Waals surface area contributed by atoms with Crippen LogP contribution in [0.4, 0.5) is 0 Å². The molecule has 6 heteroatoms. The molecule has 1 aromatic carbocycles. The summed E-state index contributed by atoms with van der Waals surface area (Å²) in [4.78, 5) is 26.6. The van der Waals surface area contributed by atoms with Gasteiger partial charge in [-0.05, 0) is 6.92 Å². The van der Waals surface area contributed by atoms with Crippen LogP contribution >= 0.6 is 0 Å². The molecule has 0 saturated carbocycles. The molecule has 2 aromatic rings. The molecule has 1 heterocycles. The summed E-state index contributed by atoms with van der Waals surface area (Å²) in [5.74, 6) is 0.325. The third-order valence-corrected chi connectivity index (χ3v) is 3.08. The number of hydrogen-bond acceptors (Lipinski definition) is 5. The van der Waals surface area contributed by atoms with Crippen molar-refractivity contribution >= 4 is 11.9 Å². The second-order valence-electron chi connectivity index (χ2n) is 4.82. The van der Waals surface area contributed by atoms with Crippen LogP contribution in [0.1, 0.15) is 17.9 Å². The second-order valence-corrected chi connectivity index (χ2v) is 4.82. The van der Waals surface area contributed by atoms with E-state index in [1.165, 1.54) is 12.6 Å². The Morgan fingerprint density at radius 2 is 2.00 bits per heavy atom. The zero-order chi connectivity index (χ0) is 15.9. The SMILES string of the molecule is CNC(=O)COC(=O)CCc1ncc(-c2ccc(C)cc2)o1. The number of rotatable bonds is 6. The number of amides is 1. The Morgan fingerprint density at radius 3 is 2.68 bits per heavy atom. The zero-order valence-corrected chi connectivity index (χ0v) is 12.6. The molecule has 2 rings (SSSR count). The minimum absolute atomic E-state index is 0.116. The van der Waals surface area contributed by atoms with Crippen molar-refractivity contribution in [3.05, 3.63) is 41.9 Å². The van der Waals surface area contributed by atoms with Gasteiger partial charge in [0.25, 0.3) is 5.91 Å². The lowest BCUT2D eigenvalue weighted by Gasteiger charge is -2.02. The molecule has 0 aliphatic heterocycles. The average Bonchev–Trinajstić information content (AvgIpc) is 3.00. The predicted octanol–water partition coefficient (Wildman–Crippen LogP) is 1.87. The van der Waals surface area contributed by atoms with Crippen LogP contribution in [0, 0.1) is 6.92 Å². The highest BCUT2D eigenvalue weighted by atomic mass is 16.5. The van der Waals surface area contributed by atoms with Gasteiger partial charge in [0.1, 0.15) is 0 Å². The molecular weight excluding hydrogens is 284 g/mol. The summed E-state index contributed by atoms with van der Waals surface area (Å²) in [5, 5.41) is 2.37. The first kappa shape index (κ1) is 15.8. The van der Waals surface area contributed by atoms with E-state index in [-0.39, 0.29) is 18.9 Å².